The number of allylic oxidation sites excluding steroid dienone is 1. The van der Waals surface area contributed by atoms with Crippen molar-refractivity contribution < 1.29 is 28.2 Å². The molecule has 4 aromatic rings. The Morgan fingerprint density at radius 2 is 1.54 bits per heavy atom. The van der Waals surface area contributed by atoms with Gasteiger partial charge in [0.25, 0.3) is 0 Å². The average Bonchev–Trinajstić information content (AvgIpc) is 3.69. The number of esters is 2. The smallest absolute Gasteiger partial charge is 0.334 e. The number of carbonyl (C=O) groups is 2. The molecule has 1 saturated heterocycles. The second kappa shape index (κ2) is 17.8. The fraction of sp³-hybridized carbons (Fsp3) is 0.435. The number of aryl methyl sites for hydroxylation is 1. The van der Waals surface area contributed by atoms with Crippen LogP contribution in [0.3, 0.4) is 0 Å². The van der Waals surface area contributed by atoms with Crippen LogP contribution in [0, 0.1) is 42.4 Å². The van der Waals surface area contributed by atoms with E-state index in [-0.39, 0.29) is 31.1 Å². The summed E-state index contributed by atoms with van der Waals surface area (Å²) in [6.45, 7) is 15.2. The normalized spacial score (nSPS) is 17.8. The molecule has 2 heterocycles. The van der Waals surface area contributed by atoms with Gasteiger partial charge in [0.2, 0.25) is 0 Å². The molecule has 0 aliphatic carbocycles. The van der Waals surface area contributed by atoms with Crippen molar-refractivity contribution in [2.24, 2.45) is 23.7 Å². The lowest BCUT2D eigenvalue weighted by Crippen LogP contribution is -2.41. The van der Waals surface area contributed by atoms with Gasteiger partial charge in [0.1, 0.15) is 18.0 Å². The third-order valence-electron chi connectivity index (χ3n) is 9.85. The van der Waals surface area contributed by atoms with E-state index in [0.29, 0.717) is 42.1 Å². The van der Waals surface area contributed by atoms with Crippen LogP contribution in [0.2, 0.25) is 0 Å². The maximum Gasteiger partial charge on any atom is 0.334 e. The van der Waals surface area contributed by atoms with Gasteiger partial charge in [0.05, 0.1) is 19.1 Å². The van der Waals surface area contributed by atoms with Crippen molar-refractivity contribution >= 4 is 22.9 Å². The Bertz CT molecular complexity index is 1880. The molecule has 3 aromatic carbocycles. The molecule has 6 heteroatoms. The van der Waals surface area contributed by atoms with E-state index in [2.05, 4.69) is 58.6 Å². The molecule has 0 saturated carbocycles. The molecule has 0 N–H and O–H groups in total. The lowest BCUT2D eigenvalue weighted by Gasteiger charge is -2.28. The van der Waals surface area contributed by atoms with E-state index in [1.807, 2.05) is 86.7 Å². The van der Waals surface area contributed by atoms with Gasteiger partial charge < -0.3 is 18.6 Å². The average molecular weight is 703 g/mol. The SMILES string of the molecule is Cc1ccc(C#Cc2ccc3oc([C@@H](C)[C@@H](C)C(=O)OC[C@]4(COCc5ccccc5)C/C(=C\CC(CC(C)C)CC(C)C)C(=O)O4)cc3c2)cc1. The van der Waals surface area contributed by atoms with Crippen LogP contribution in [0.4, 0.5) is 0 Å². The Labute approximate surface area is 309 Å². The summed E-state index contributed by atoms with van der Waals surface area (Å²) in [6.07, 6.45) is 5.39. The minimum atomic E-state index is -1.10. The number of hydrogen-bond acceptors (Lipinski definition) is 6. The second-order valence-corrected chi connectivity index (χ2v) is 15.5. The Balaban J connectivity index is 1.26. The van der Waals surface area contributed by atoms with Crippen molar-refractivity contribution in [3.05, 3.63) is 119 Å². The molecule has 0 amide bonds. The van der Waals surface area contributed by atoms with Crippen LogP contribution in [-0.2, 0) is 30.4 Å². The molecule has 1 aliphatic heterocycles. The second-order valence-electron chi connectivity index (χ2n) is 15.5. The van der Waals surface area contributed by atoms with Crippen LogP contribution < -0.4 is 0 Å². The summed E-state index contributed by atoms with van der Waals surface area (Å²) in [7, 11) is 0. The molecule has 0 spiro atoms. The number of cyclic esters (lactones) is 1. The zero-order chi connectivity index (χ0) is 37.3. The van der Waals surface area contributed by atoms with Gasteiger partial charge >= 0.3 is 11.9 Å². The largest absolute Gasteiger partial charge is 0.461 e. The predicted octanol–water partition coefficient (Wildman–Crippen LogP) is 10.4. The fourth-order valence-corrected chi connectivity index (χ4v) is 6.87. The summed E-state index contributed by atoms with van der Waals surface area (Å²) >= 11 is 0. The monoisotopic (exact) mass is 702 g/mol. The van der Waals surface area contributed by atoms with Crippen molar-refractivity contribution in [3.63, 3.8) is 0 Å². The maximum atomic E-state index is 13.6. The molecule has 0 unspecified atom stereocenters. The summed E-state index contributed by atoms with van der Waals surface area (Å²) in [5.74, 6) is 7.28. The van der Waals surface area contributed by atoms with E-state index in [1.54, 1.807) is 0 Å². The van der Waals surface area contributed by atoms with Crippen LogP contribution in [0.15, 0.2) is 94.9 Å². The van der Waals surface area contributed by atoms with Crippen molar-refractivity contribution in [1.29, 1.82) is 0 Å². The number of fused-ring (bicyclic) bond motifs is 1. The van der Waals surface area contributed by atoms with Crippen molar-refractivity contribution in [3.8, 4) is 11.8 Å². The molecule has 0 bridgehead atoms. The van der Waals surface area contributed by atoms with Gasteiger partial charge in [-0.1, -0.05) is 107 Å². The molecule has 5 rings (SSSR count). The highest BCUT2D eigenvalue weighted by Gasteiger charge is 2.46. The first kappa shape index (κ1) is 38.6. The quantitative estimate of drug-likeness (QED) is 0.0697. The first-order valence-electron chi connectivity index (χ1n) is 18.7. The summed E-state index contributed by atoms with van der Waals surface area (Å²) in [6, 6.07) is 25.8. The van der Waals surface area contributed by atoms with Gasteiger partial charge in [0.15, 0.2) is 5.60 Å². The number of benzene rings is 3. The van der Waals surface area contributed by atoms with Crippen LogP contribution in [0.25, 0.3) is 11.0 Å². The van der Waals surface area contributed by atoms with Gasteiger partial charge in [-0.3, -0.25) is 4.79 Å². The number of hydrogen-bond donors (Lipinski definition) is 0. The van der Waals surface area contributed by atoms with Gasteiger partial charge in [-0.25, -0.2) is 4.79 Å². The molecule has 3 atom stereocenters. The number of carbonyl (C=O) groups excluding carboxylic acids is 2. The minimum Gasteiger partial charge on any atom is -0.461 e. The molecule has 1 fully saturated rings. The standard InChI is InChI=1S/C46H54O6/c1-31(2)23-39(24-32(3)4)19-21-40-27-46(52-45(40)48,29-49-28-38-11-9-8-10-12-38)30-50-44(47)35(7)34(6)43-26-41-25-37(20-22-42(41)51-43)18-17-36-15-13-33(5)14-16-36/h8-16,20-22,25-26,31-32,34-35,39H,19,23-24,27-30H2,1-7H3/b40-21+/t34-,35+,46+/m0/s1. The Morgan fingerprint density at radius 1 is 0.865 bits per heavy atom. The van der Waals surface area contributed by atoms with Crippen molar-refractivity contribution in [2.45, 2.75) is 92.3 Å². The van der Waals surface area contributed by atoms with E-state index < -0.39 is 11.5 Å². The lowest BCUT2D eigenvalue weighted by atomic mass is 9.86. The highest BCUT2D eigenvalue weighted by Crippen LogP contribution is 2.36. The van der Waals surface area contributed by atoms with E-state index in [0.717, 1.165) is 46.9 Å². The van der Waals surface area contributed by atoms with E-state index in [1.165, 1.54) is 5.56 Å². The van der Waals surface area contributed by atoms with Crippen LogP contribution >= 0.6 is 0 Å². The third-order valence-corrected chi connectivity index (χ3v) is 9.85. The molecule has 1 aromatic heterocycles. The first-order valence-corrected chi connectivity index (χ1v) is 18.7. The predicted molar refractivity (Wildman–Crippen MR) is 207 cm³/mol. The zero-order valence-electron chi connectivity index (χ0n) is 31.9. The minimum absolute atomic E-state index is 0.0919. The topological polar surface area (TPSA) is 75.0 Å². The molecule has 0 radical (unpaired) electrons. The van der Waals surface area contributed by atoms with Crippen LogP contribution in [0.5, 0.6) is 0 Å². The van der Waals surface area contributed by atoms with Crippen LogP contribution in [0.1, 0.15) is 101 Å². The summed E-state index contributed by atoms with van der Waals surface area (Å²) in [5, 5.41) is 0.925. The number of rotatable bonds is 15. The van der Waals surface area contributed by atoms with Crippen molar-refractivity contribution in [2.75, 3.05) is 13.2 Å². The van der Waals surface area contributed by atoms with E-state index >= 15 is 0 Å². The molecule has 274 valence electrons. The molecule has 52 heavy (non-hydrogen) atoms. The zero-order valence-corrected chi connectivity index (χ0v) is 31.9. The number of ether oxygens (including phenoxy) is 3. The van der Waals surface area contributed by atoms with Crippen molar-refractivity contribution in [1.82, 2.24) is 0 Å². The highest BCUT2D eigenvalue weighted by atomic mass is 16.6. The lowest BCUT2D eigenvalue weighted by molar-refractivity contribution is -0.171. The first-order chi connectivity index (χ1) is 24.9. The van der Waals surface area contributed by atoms with E-state index in [9.17, 15) is 9.59 Å². The number of furan rings is 1. The summed E-state index contributed by atoms with van der Waals surface area (Å²) < 4.78 is 24.3. The summed E-state index contributed by atoms with van der Waals surface area (Å²) in [5.41, 5.74) is 4.32. The molecular formula is C46H54O6. The molecular weight excluding hydrogens is 649 g/mol. The molecule has 6 nitrogen and oxygen atoms in total. The van der Waals surface area contributed by atoms with Gasteiger partial charge in [-0.15, -0.1) is 0 Å². The molecule has 1 aliphatic rings. The Kier molecular flexibility index (Phi) is 13.2. The summed E-state index contributed by atoms with van der Waals surface area (Å²) in [4.78, 5) is 26.8. The van der Waals surface area contributed by atoms with Gasteiger partial charge in [-0.2, -0.15) is 0 Å². The van der Waals surface area contributed by atoms with Gasteiger partial charge in [-0.05, 0) is 85.9 Å². The Hall–Kier alpha value is -4.60. The highest BCUT2D eigenvalue weighted by molar-refractivity contribution is 5.91. The van der Waals surface area contributed by atoms with Crippen LogP contribution in [-0.4, -0.2) is 30.8 Å². The fourth-order valence-electron chi connectivity index (χ4n) is 6.87. The van der Waals surface area contributed by atoms with E-state index in [4.69, 9.17) is 18.6 Å². The van der Waals surface area contributed by atoms with Gasteiger partial charge in [0, 0.05) is 34.4 Å². The Morgan fingerprint density at radius 3 is 2.23 bits per heavy atom. The maximum absolute atomic E-state index is 13.6. The third kappa shape index (κ3) is 10.7.